The molecule has 16 saturated carbocycles. The zero-order valence-electron chi connectivity index (χ0n) is 35.0. The van der Waals surface area contributed by atoms with E-state index in [4.69, 9.17) is 28.7 Å². The van der Waals surface area contributed by atoms with E-state index >= 15 is 0 Å². The van der Waals surface area contributed by atoms with Crippen LogP contribution in [0.25, 0.3) is 0 Å². The number of aliphatic hydroxyl groups excluding tert-OH is 4. The van der Waals surface area contributed by atoms with Crippen LogP contribution in [0.3, 0.4) is 0 Å². The van der Waals surface area contributed by atoms with Crippen molar-refractivity contribution in [2.45, 2.75) is 162 Å². The number of hydrogen-bond donors (Lipinski definition) is 4. The lowest BCUT2D eigenvalue weighted by molar-refractivity contribution is -0.618. The van der Waals surface area contributed by atoms with E-state index in [0.717, 1.165) is 85.9 Å². The van der Waals surface area contributed by atoms with Gasteiger partial charge in [0, 0.05) is 0 Å². The van der Waals surface area contributed by atoms with E-state index in [1.54, 1.807) is 0 Å². The SMILES string of the molecule is OCCOC12CC3CC(C1)C(=C1C4CC5CC1CC(OCCO)(C5)C4)C(C3)C2.OCCOC12CC3CC(C1)C1(OOC14C1CC5CC4CC(OCCO)(C5)C1)C(C3)C2. The Labute approximate surface area is 345 Å². The number of aliphatic hydroxyl groups is 4. The van der Waals surface area contributed by atoms with E-state index in [1.165, 1.54) is 89.9 Å². The first-order valence-electron chi connectivity index (χ1n) is 24.3. The molecule has 17 fully saturated rings. The Morgan fingerprint density at radius 1 is 0.362 bits per heavy atom. The molecule has 2 spiro atoms. The van der Waals surface area contributed by atoms with Gasteiger partial charge in [0.25, 0.3) is 0 Å². The summed E-state index contributed by atoms with van der Waals surface area (Å²) in [6.07, 6.45) is 24.4. The number of rotatable bonds is 12. The lowest BCUT2D eigenvalue weighted by Gasteiger charge is -2.78. The van der Waals surface area contributed by atoms with Gasteiger partial charge < -0.3 is 39.4 Å². The third-order valence-corrected chi connectivity index (χ3v) is 20.0. The quantitative estimate of drug-likeness (QED) is 0.136. The van der Waals surface area contributed by atoms with Gasteiger partial charge in [-0.05, 0) is 199 Å². The Bertz CT molecular complexity index is 1440. The largest absolute Gasteiger partial charge is 0.394 e. The van der Waals surface area contributed by atoms with Crippen LogP contribution in [0.4, 0.5) is 0 Å². The molecular formula is C48H72O10. The van der Waals surface area contributed by atoms with Crippen molar-refractivity contribution in [3.05, 3.63) is 11.1 Å². The summed E-state index contributed by atoms with van der Waals surface area (Å²) in [6, 6.07) is 0. The molecule has 324 valence electrons. The highest BCUT2D eigenvalue weighted by Gasteiger charge is 2.83. The molecule has 0 amide bonds. The first-order valence-corrected chi connectivity index (χ1v) is 24.3. The van der Waals surface area contributed by atoms with Gasteiger partial charge in [0.15, 0.2) is 0 Å². The lowest BCUT2D eigenvalue weighted by Crippen LogP contribution is -2.86. The maximum atomic E-state index is 9.35. The molecule has 0 aromatic carbocycles. The summed E-state index contributed by atoms with van der Waals surface area (Å²) < 4.78 is 25.2. The highest BCUT2D eigenvalue weighted by Crippen LogP contribution is 2.77. The first kappa shape index (κ1) is 39.0. The molecule has 8 atom stereocenters. The van der Waals surface area contributed by atoms with Crippen LogP contribution in [-0.2, 0) is 28.7 Å². The molecular weight excluding hydrogens is 737 g/mol. The average Bonchev–Trinajstić information content (AvgIpc) is 3.17. The summed E-state index contributed by atoms with van der Waals surface area (Å²) in [5, 5.41) is 37.3. The Morgan fingerprint density at radius 2 is 0.621 bits per heavy atom. The molecule has 10 nitrogen and oxygen atoms in total. The summed E-state index contributed by atoms with van der Waals surface area (Å²) in [5.41, 5.74) is 3.56. The topological polar surface area (TPSA) is 136 Å². The van der Waals surface area contributed by atoms with E-state index in [2.05, 4.69) is 0 Å². The van der Waals surface area contributed by atoms with Crippen LogP contribution >= 0.6 is 0 Å². The predicted molar refractivity (Wildman–Crippen MR) is 212 cm³/mol. The highest BCUT2D eigenvalue weighted by molar-refractivity contribution is 5.36. The van der Waals surface area contributed by atoms with E-state index < -0.39 is 0 Å². The monoisotopic (exact) mass is 809 g/mol. The third-order valence-electron chi connectivity index (χ3n) is 20.0. The molecule has 0 radical (unpaired) electrons. The lowest BCUT2D eigenvalue weighted by atomic mass is 9.36. The molecule has 58 heavy (non-hydrogen) atoms. The summed E-state index contributed by atoms with van der Waals surface area (Å²) in [7, 11) is 0. The second-order valence-corrected chi connectivity index (χ2v) is 23.1. The van der Waals surface area contributed by atoms with Crippen LogP contribution in [0, 0.1) is 71.0 Å². The smallest absolute Gasteiger partial charge is 0.142 e. The number of hydrogen-bond acceptors (Lipinski definition) is 10. The zero-order chi connectivity index (χ0) is 39.1. The third kappa shape index (κ3) is 5.57. The molecule has 4 N–H and O–H groups in total. The van der Waals surface area contributed by atoms with Crippen molar-refractivity contribution >= 4 is 0 Å². The van der Waals surface area contributed by atoms with Crippen LogP contribution in [0.1, 0.15) is 128 Å². The molecule has 8 unspecified atom stereocenters. The number of ether oxygens (including phenoxy) is 4. The van der Waals surface area contributed by atoms with Gasteiger partial charge in [0.2, 0.25) is 0 Å². The van der Waals surface area contributed by atoms with Crippen molar-refractivity contribution in [1.29, 1.82) is 0 Å². The minimum absolute atomic E-state index is 0.0397. The normalized spacial score (nSPS) is 55.2. The molecule has 1 heterocycles. The van der Waals surface area contributed by atoms with Crippen molar-refractivity contribution in [2.24, 2.45) is 71.0 Å². The van der Waals surface area contributed by atoms with Crippen LogP contribution in [0.2, 0.25) is 0 Å². The maximum Gasteiger partial charge on any atom is 0.142 e. The molecule has 16 bridgehead atoms. The predicted octanol–water partition coefficient (Wildman–Crippen LogP) is 6.06. The van der Waals surface area contributed by atoms with E-state index in [-0.39, 0.29) is 60.0 Å². The van der Waals surface area contributed by atoms with Gasteiger partial charge in [0.05, 0.1) is 75.3 Å². The molecule has 17 rings (SSSR count). The van der Waals surface area contributed by atoms with E-state index in [9.17, 15) is 20.4 Å². The standard InChI is InChI=1S/C24H36O6.C24H36O4/c25-1-3-27-21-9-15-5-17(11-21)23(18(6-15)12-21)24(30-29-23)19-7-16-8-20(24)14-22(10-16,13-19)28-4-2-26;25-1-3-27-23-9-15-5-17(11-23)21(18(6-15)12-23)22-19-7-16-8-20(22)14-24(10-16,13-19)28-4-2-26/h15-20,25-26H,1-14H2;15-20,25-26H,1-14H2. The van der Waals surface area contributed by atoms with Crippen molar-refractivity contribution in [2.75, 3.05) is 52.9 Å². The zero-order valence-corrected chi connectivity index (χ0v) is 35.0. The number of allylic oxidation sites excluding steroid dienone is 2. The van der Waals surface area contributed by atoms with Crippen molar-refractivity contribution in [3.8, 4) is 0 Å². The maximum absolute atomic E-state index is 9.35. The summed E-state index contributed by atoms with van der Waals surface area (Å²) in [5.74, 6) is 8.20. The van der Waals surface area contributed by atoms with Crippen LogP contribution in [0.15, 0.2) is 11.1 Å². The van der Waals surface area contributed by atoms with Gasteiger partial charge in [-0.25, -0.2) is 9.78 Å². The van der Waals surface area contributed by atoms with Crippen molar-refractivity contribution in [1.82, 2.24) is 0 Å². The molecule has 0 aromatic heterocycles. The molecule has 1 aliphatic heterocycles. The minimum atomic E-state index is -0.128. The van der Waals surface area contributed by atoms with Gasteiger partial charge >= 0.3 is 0 Å². The average molecular weight is 809 g/mol. The first-order chi connectivity index (χ1) is 28.2. The van der Waals surface area contributed by atoms with Gasteiger partial charge in [-0.15, -0.1) is 0 Å². The van der Waals surface area contributed by atoms with Crippen molar-refractivity contribution < 1.29 is 49.1 Å². The Hall–Kier alpha value is -0.660. The second-order valence-electron chi connectivity index (χ2n) is 23.1. The molecule has 1 saturated heterocycles. The fraction of sp³-hybridized carbons (Fsp3) is 0.958. The van der Waals surface area contributed by atoms with Crippen molar-refractivity contribution in [3.63, 3.8) is 0 Å². The molecule has 16 aliphatic carbocycles. The summed E-state index contributed by atoms with van der Waals surface area (Å²) in [4.78, 5) is 12.7. The molecule has 17 aliphatic rings. The van der Waals surface area contributed by atoms with Gasteiger partial charge in [-0.2, -0.15) is 0 Å². The Morgan fingerprint density at radius 3 is 0.879 bits per heavy atom. The Balaban J connectivity index is 0.000000127. The second kappa shape index (κ2) is 13.9. The van der Waals surface area contributed by atoms with Crippen LogP contribution < -0.4 is 0 Å². The van der Waals surface area contributed by atoms with Crippen LogP contribution in [-0.4, -0.2) is 107 Å². The Kier molecular flexibility index (Phi) is 9.35. The fourth-order valence-electron chi connectivity index (χ4n) is 19.7. The van der Waals surface area contributed by atoms with E-state index in [0.29, 0.717) is 50.1 Å². The van der Waals surface area contributed by atoms with Gasteiger partial charge in [-0.1, -0.05) is 11.1 Å². The van der Waals surface area contributed by atoms with E-state index in [1.807, 2.05) is 11.1 Å². The van der Waals surface area contributed by atoms with Crippen LogP contribution in [0.5, 0.6) is 0 Å². The summed E-state index contributed by atoms with van der Waals surface area (Å²) >= 11 is 0. The summed E-state index contributed by atoms with van der Waals surface area (Å²) in [6.45, 7) is 2.45. The highest BCUT2D eigenvalue weighted by atomic mass is 17.3. The minimum Gasteiger partial charge on any atom is -0.394 e. The molecule has 10 heteroatoms. The van der Waals surface area contributed by atoms with Gasteiger partial charge in [0.1, 0.15) is 11.2 Å². The fourth-order valence-corrected chi connectivity index (χ4v) is 19.7. The van der Waals surface area contributed by atoms with Gasteiger partial charge in [-0.3, -0.25) is 0 Å². The molecule has 0 aromatic rings.